The zero-order valence-electron chi connectivity index (χ0n) is 18.9. The van der Waals surface area contributed by atoms with Crippen molar-refractivity contribution < 1.29 is 14.6 Å². The zero-order chi connectivity index (χ0) is 24.2. The predicted molar refractivity (Wildman–Crippen MR) is 126 cm³/mol. The molecule has 0 aliphatic carbocycles. The van der Waals surface area contributed by atoms with Crippen LogP contribution in [0.25, 0.3) is 11.1 Å². The summed E-state index contributed by atoms with van der Waals surface area (Å²) in [7, 11) is 1.47. The monoisotopic (exact) mass is 467 g/mol. The van der Waals surface area contributed by atoms with Gasteiger partial charge in [0.2, 0.25) is 0 Å². The van der Waals surface area contributed by atoms with Gasteiger partial charge >= 0.3 is 0 Å². The Labute approximate surface area is 197 Å². The van der Waals surface area contributed by atoms with Crippen molar-refractivity contribution in [2.24, 2.45) is 0 Å². The molecule has 3 aromatic rings. The van der Waals surface area contributed by atoms with Crippen LogP contribution in [0.3, 0.4) is 0 Å². The van der Waals surface area contributed by atoms with Gasteiger partial charge in [0.1, 0.15) is 5.75 Å². The van der Waals surface area contributed by atoms with Crippen LogP contribution in [0.1, 0.15) is 37.9 Å². The molecule has 3 rings (SSSR count). The van der Waals surface area contributed by atoms with Crippen LogP contribution in [0.4, 0.5) is 0 Å². The minimum absolute atomic E-state index is 0.300. The largest absolute Gasteiger partial charge is 0.495 e. The molecule has 2 heterocycles. The first-order valence-corrected chi connectivity index (χ1v) is 10.8. The molecule has 0 bridgehead atoms. The molecule has 0 fully saturated rings. The molecule has 8 heteroatoms. The Kier molecular flexibility index (Phi) is 7.54. The number of ether oxygens (including phenoxy) is 2. The molecule has 0 aliphatic rings. The van der Waals surface area contributed by atoms with E-state index >= 15 is 0 Å². The van der Waals surface area contributed by atoms with Crippen LogP contribution >= 0.6 is 11.6 Å². The van der Waals surface area contributed by atoms with Crippen molar-refractivity contribution in [2.75, 3.05) is 7.11 Å². The lowest BCUT2D eigenvalue weighted by Crippen LogP contribution is -2.39. The van der Waals surface area contributed by atoms with Crippen molar-refractivity contribution in [3.8, 4) is 22.9 Å². The summed E-state index contributed by atoms with van der Waals surface area (Å²) >= 11 is 6.14. The van der Waals surface area contributed by atoms with Crippen LogP contribution < -0.4 is 10.3 Å². The van der Waals surface area contributed by atoms with E-state index in [2.05, 4.69) is 11.1 Å². The number of nitrogens with zero attached hydrogens (tertiary/aromatic N) is 3. The first kappa shape index (κ1) is 24.5. The van der Waals surface area contributed by atoms with Crippen LogP contribution in [0, 0.1) is 11.3 Å². The van der Waals surface area contributed by atoms with E-state index in [9.17, 15) is 15.2 Å². The molecule has 33 heavy (non-hydrogen) atoms. The van der Waals surface area contributed by atoms with Gasteiger partial charge in [-0.2, -0.15) is 5.26 Å². The summed E-state index contributed by atoms with van der Waals surface area (Å²) in [6, 6.07) is 11.2. The third-order valence-corrected chi connectivity index (χ3v) is 5.22. The lowest BCUT2D eigenvalue weighted by atomic mass is 10.00. The summed E-state index contributed by atoms with van der Waals surface area (Å²) in [5, 5.41) is 20.9. The molecule has 1 aromatic carbocycles. The molecule has 172 valence electrons. The molecule has 0 radical (unpaired) electrons. The quantitative estimate of drug-likeness (QED) is 0.518. The summed E-state index contributed by atoms with van der Waals surface area (Å²) in [6.45, 7) is 5.48. The van der Waals surface area contributed by atoms with E-state index in [1.165, 1.54) is 23.9 Å². The van der Waals surface area contributed by atoms with E-state index in [0.717, 1.165) is 5.56 Å². The van der Waals surface area contributed by atoms with Crippen molar-refractivity contribution in [1.82, 2.24) is 9.55 Å². The third kappa shape index (κ3) is 5.99. The van der Waals surface area contributed by atoms with Gasteiger partial charge in [0.05, 0.1) is 36.6 Å². The SMILES string of the molecule is COc1cn(C(Cc2cccnc2)C(O)OC(C)(C)C)c(=O)cc1-c1cc(Cl)ccc1C#N. The van der Waals surface area contributed by atoms with Gasteiger partial charge in [0.25, 0.3) is 5.56 Å². The molecule has 1 N–H and O–H groups in total. The maximum Gasteiger partial charge on any atom is 0.251 e. The van der Waals surface area contributed by atoms with Crippen molar-refractivity contribution in [3.63, 3.8) is 0 Å². The van der Waals surface area contributed by atoms with Crippen LogP contribution in [0.2, 0.25) is 5.02 Å². The normalized spacial score (nSPS) is 13.2. The second-order valence-corrected chi connectivity index (χ2v) is 8.99. The van der Waals surface area contributed by atoms with Crippen molar-refractivity contribution in [1.29, 1.82) is 5.26 Å². The summed E-state index contributed by atoms with van der Waals surface area (Å²) in [4.78, 5) is 17.4. The average molecular weight is 468 g/mol. The maximum absolute atomic E-state index is 13.3. The van der Waals surface area contributed by atoms with Crippen LogP contribution in [0.15, 0.2) is 59.8 Å². The molecule has 0 spiro atoms. The minimum atomic E-state index is -1.28. The van der Waals surface area contributed by atoms with Gasteiger partial charge in [-0.25, -0.2) is 0 Å². The summed E-state index contributed by atoms with van der Waals surface area (Å²) in [5.74, 6) is 0.354. The molecule has 0 saturated heterocycles. The highest BCUT2D eigenvalue weighted by Gasteiger charge is 2.29. The van der Waals surface area contributed by atoms with Gasteiger partial charge in [-0.15, -0.1) is 0 Å². The molecular weight excluding hydrogens is 442 g/mol. The highest BCUT2D eigenvalue weighted by molar-refractivity contribution is 6.31. The number of nitriles is 1. The van der Waals surface area contributed by atoms with E-state index in [4.69, 9.17) is 21.1 Å². The molecule has 7 nitrogen and oxygen atoms in total. The lowest BCUT2D eigenvalue weighted by molar-refractivity contribution is -0.187. The molecule has 2 unspecified atom stereocenters. The number of halogens is 1. The highest BCUT2D eigenvalue weighted by atomic mass is 35.5. The number of aliphatic hydroxyl groups is 1. The van der Waals surface area contributed by atoms with Crippen LogP contribution in [0.5, 0.6) is 5.75 Å². The fraction of sp³-hybridized carbons (Fsp3) is 0.320. The van der Waals surface area contributed by atoms with Gasteiger partial charge in [-0.1, -0.05) is 17.7 Å². The number of benzene rings is 1. The number of methoxy groups -OCH3 is 1. The number of hydrogen-bond acceptors (Lipinski definition) is 6. The Bertz CT molecular complexity index is 1210. The third-order valence-electron chi connectivity index (χ3n) is 4.98. The second kappa shape index (κ2) is 10.2. The fourth-order valence-corrected chi connectivity index (χ4v) is 3.71. The summed E-state index contributed by atoms with van der Waals surface area (Å²) in [5.41, 5.74) is 1.09. The number of hydrogen-bond donors (Lipinski definition) is 1. The Morgan fingerprint density at radius 3 is 2.61 bits per heavy atom. The number of aliphatic hydroxyl groups excluding tert-OH is 1. The predicted octanol–water partition coefficient (Wildman–Crippen LogP) is 4.36. The average Bonchev–Trinajstić information content (AvgIpc) is 2.77. The highest BCUT2D eigenvalue weighted by Crippen LogP contribution is 2.34. The van der Waals surface area contributed by atoms with E-state index in [-0.39, 0.29) is 5.56 Å². The second-order valence-electron chi connectivity index (χ2n) is 8.56. The molecule has 0 aliphatic heterocycles. The zero-order valence-corrected chi connectivity index (χ0v) is 19.7. The molecular formula is C25H26ClN3O4. The number of pyridine rings is 2. The Hall–Kier alpha value is -3.18. The minimum Gasteiger partial charge on any atom is -0.495 e. The first-order chi connectivity index (χ1) is 15.6. The van der Waals surface area contributed by atoms with Crippen molar-refractivity contribution in [2.45, 2.75) is 45.1 Å². The van der Waals surface area contributed by atoms with E-state index in [1.54, 1.807) is 36.7 Å². The Balaban J connectivity index is 2.14. The van der Waals surface area contributed by atoms with Gasteiger partial charge in [-0.3, -0.25) is 9.78 Å². The Morgan fingerprint density at radius 1 is 1.24 bits per heavy atom. The smallest absolute Gasteiger partial charge is 0.251 e. The van der Waals surface area contributed by atoms with Gasteiger partial charge < -0.3 is 19.1 Å². The van der Waals surface area contributed by atoms with Gasteiger partial charge in [-0.05, 0) is 57.0 Å². The summed E-state index contributed by atoms with van der Waals surface area (Å²) < 4.78 is 12.8. The number of rotatable bonds is 7. The van der Waals surface area contributed by atoms with Crippen molar-refractivity contribution in [3.05, 3.63) is 81.5 Å². The fourth-order valence-electron chi connectivity index (χ4n) is 3.54. The topological polar surface area (TPSA) is 97.4 Å². The van der Waals surface area contributed by atoms with Gasteiger partial charge in [0.15, 0.2) is 6.29 Å². The van der Waals surface area contributed by atoms with E-state index < -0.39 is 17.9 Å². The lowest BCUT2D eigenvalue weighted by Gasteiger charge is -2.31. The van der Waals surface area contributed by atoms with E-state index in [0.29, 0.717) is 33.9 Å². The first-order valence-electron chi connectivity index (χ1n) is 10.4. The Morgan fingerprint density at radius 2 is 2.00 bits per heavy atom. The van der Waals surface area contributed by atoms with Crippen LogP contribution in [-0.2, 0) is 11.2 Å². The summed E-state index contributed by atoms with van der Waals surface area (Å²) in [6.07, 6.45) is 3.88. The standard InChI is InChI=1S/C25H26ClN3O4/c1-25(2,3)33-24(31)21(10-16-6-5-9-28-14-16)29-15-22(32-4)20(12-23(29)30)19-11-18(26)8-7-17(19)13-27/h5-9,11-12,14-15,21,24,31H,10H2,1-4H3. The molecule has 2 aromatic heterocycles. The molecule has 0 saturated carbocycles. The van der Waals surface area contributed by atoms with Crippen LogP contribution in [-0.4, -0.2) is 33.7 Å². The molecule has 2 atom stereocenters. The number of aromatic nitrogens is 2. The van der Waals surface area contributed by atoms with Crippen molar-refractivity contribution >= 4 is 11.6 Å². The molecule has 0 amide bonds. The maximum atomic E-state index is 13.3. The van der Waals surface area contributed by atoms with Gasteiger partial charge in [0, 0.05) is 34.6 Å². The van der Waals surface area contributed by atoms with E-state index in [1.807, 2.05) is 26.8 Å².